The molecule has 0 N–H and O–H groups in total. The summed E-state index contributed by atoms with van der Waals surface area (Å²) in [6.45, 7) is 5.40. The van der Waals surface area contributed by atoms with E-state index >= 15 is 0 Å². The van der Waals surface area contributed by atoms with Gasteiger partial charge in [-0.1, -0.05) is 18.2 Å². The van der Waals surface area contributed by atoms with Gasteiger partial charge in [0, 0.05) is 45.3 Å². The molecule has 27 heavy (non-hydrogen) atoms. The lowest BCUT2D eigenvalue weighted by atomic mass is 10.1. The highest BCUT2D eigenvalue weighted by Crippen LogP contribution is 2.24. The van der Waals surface area contributed by atoms with Crippen molar-refractivity contribution < 1.29 is 17.9 Å². The summed E-state index contributed by atoms with van der Waals surface area (Å²) in [5.74, 6) is 2.12. The largest absolute Gasteiger partial charge is 0.484 e. The number of hydrogen-bond acceptors (Lipinski definition) is 5. The zero-order chi connectivity index (χ0) is 19.4. The Hall–Kier alpha value is -2.13. The van der Waals surface area contributed by atoms with Gasteiger partial charge in [-0.25, -0.2) is 0 Å². The number of aryl methyl sites for hydroxylation is 1. The van der Waals surface area contributed by atoms with E-state index in [-0.39, 0.29) is 0 Å². The molecule has 0 amide bonds. The molecule has 9 heteroatoms. The lowest BCUT2D eigenvalue weighted by molar-refractivity contribution is -0.153. The van der Waals surface area contributed by atoms with E-state index in [0.29, 0.717) is 12.3 Å². The van der Waals surface area contributed by atoms with E-state index in [1.165, 1.54) is 0 Å². The van der Waals surface area contributed by atoms with Crippen LogP contribution in [0, 0.1) is 6.92 Å². The molecular formula is C18H24F3N5O. The van der Waals surface area contributed by atoms with E-state index in [0.717, 1.165) is 49.9 Å². The third-order valence-corrected chi connectivity index (χ3v) is 4.77. The minimum absolute atomic E-state index is 0.298. The van der Waals surface area contributed by atoms with Crippen molar-refractivity contribution in [3.63, 3.8) is 0 Å². The minimum Gasteiger partial charge on any atom is -0.484 e. The summed E-state index contributed by atoms with van der Waals surface area (Å²) in [4.78, 5) is 4.54. The number of para-hydroxylation sites is 1. The summed E-state index contributed by atoms with van der Waals surface area (Å²) in [6.07, 6.45) is -4.34. The first-order chi connectivity index (χ1) is 12.8. The van der Waals surface area contributed by atoms with Gasteiger partial charge in [0.2, 0.25) is 0 Å². The molecule has 2 aromatic rings. The van der Waals surface area contributed by atoms with E-state index in [1.54, 1.807) is 12.1 Å². The number of rotatable bonds is 6. The SMILES string of the molecule is Cc1nnc(CN2CCN(Cc3ccccc3OCC(F)(F)F)CC2)n1C. The Morgan fingerprint density at radius 2 is 1.63 bits per heavy atom. The summed E-state index contributed by atoms with van der Waals surface area (Å²) in [5.41, 5.74) is 0.777. The van der Waals surface area contributed by atoms with Crippen molar-refractivity contribution in [3.05, 3.63) is 41.5 Å². The van der Waals surface area contributed by atoms with Gasteiger partial charge >= 0.3 is 6.18 Å². The molecule has 0 aliphatic carbocycles. The molecule has 0 atom stereocenters. The average molecular weight is 383 g/mol. The molecule has 0 unspecified atom stereocenters. The van der Waals surface area contributed by atoms with E-state index in [9.17, 15) is 13.2 Å². The van der Waals surface area contributed by atoms with Crippen LogP contribution in [0.2, 0.25) is 0 Å². The van der Waals surface area contributed by atoms with Crippen LogP contribution in [-0.2, 0) is 20.1 Å². The average Bonchev–Trinajstić information content (AvgIpc) is 2.94. The van der Waals surface area contributed by atoms with Crippen molar-refractivity contribution in [2.45, 2.75) is 26.2 Å². The first kappa shape index (κ1) is 19.6. The maximum Gasteiger partial charge on any atom is 0.422 e. The van der Waals surface area contributed by atoms with E-state index in [4.69, 9.17) is 4.74 Å². The highest BCUT2D eigenvalue weighted by molar-refractivity contribution is 5.33. The van der Waals surface area contributed by atoms with Gasteiger partial charge in [0.05, 0.1) is 6.54 Å². The number of aromatic nitrogens is 3. The van der Waals surface area contributed by atoms with Gasteiger partial charge in [0.25, 0.3) is 0 Å². The molecule has 1 fully saturated rings. The maximum absolute atomic E-state index is 12.4. The molecule has 1 aromatic carbocycles. The third-order valence-electron chi connectivity index (χ3n) is 4.77. The van der Waals surface area contributed by atoms with E-state index in [1.807, 2.05) is 30.7 Å². The Balaban J connectivity index is 1.53. The highest BCUT2D eigenvalue weighted by Gasteiger charge is 2.29. The lowest BCUT2D eigenvalue weighted by Gasteiger charge is -2.34. The summed E-state index contributed by atoms with van der Waals surface area (Å²) in [6, 6.07) is 6.92. The van der Waals surface area contributed by atoms with Crippen LogP contribution in [0.1, 0.15) is 17.2 Å². The summed E-state index contributed by atoms with van der Waals surface area (Å²) in [7, 11) is 1.96. The van der Waals surface area contributed by atoms with Crippen LogP contribution < -0.4 is 4.74 Å². The van der Waals surface area contributed by atoms with Crippen molar-refractivity contribution in [2.75, 3.05) is 32.8 Å². The van der Waals surface area contributed by atoms with E-state index in [2.05, 4.69) is 20.0 Å². The van der Waals surface area contributed by atoms with Gasteiger partial charge in [-0.15, -0.1) is 10.2 Å². The van der Waals surface area contributed by atoms with Crippen LogP contribution >= 0.6 is 0 Å². The molecular weight excluding hydrogens is 359 g/mol. The number of ether oxygens (including phenoxy) is 1. The van der Waals surface area contributed by atoms with Crippen molar-refractivity contribution in [3.8, 4) is 5.75 Å². The van der Waals surface area contributed by atoms with Crippen LogP contribution in [0.5, 0.6) is 5.75 Å². The van der Waals surface area contributed by atoms with Gasteiger partial charge in [-0.05, 0) is 13.0 Å². The fourth-order valence-corrected chi connectivity index (χ4v) is 3.07. The topological polar surface area (TPSA) is 46.4 Å². The number of nitrogens with zero attached hydrogens (tertiary/aromatic N) is 5. The fraction of sp³-hybridized carbons (Fsp3) is 0.556. The van der Waals surface area contributed by atoms with Gasteiger partial charge in [0.1, 0.15) is 17.4 Å². The predicted octanol–water partition coefficient (Wildman–Crippen LogP) is 2.38. The normalized spacial score (nSPS) is 16.6. The number of hydrogen-bond donors (Lipinski definition) is 0. The molecule has 1 aliphatic rings. The summed E-state index contributed by atoms with van der Waals surface area (Å²) < 4.78 is 44.3. The van der Waals surface area contributed by atoms with Crippen molar-refractivity contribution in [1.82, 2.24) is 24.6 Å². The smallest absolute Gasteiger partial charge is 0.422 e. The zero-order valence-electron chi connectivity index (χ0n) is 15.5. The van der Waals surface area contributed by atoms with Crippen molar-refractivity contribution in [2.24, 2.45) is 7.05 Å². The quantitative estimate of drug-likeness (QED) is 0.767. The van der Waals surface area contributed by atoms with Crippen LogP contribution in [0.15, 0.2) is 24.3 Å². The van der Waals surface area contributed by atoms with Crippen LogP contribution in [-0.4, -0.2) is 63.5 Å². The van der Waals surface area contributed by atoms with Gasteiger partial charge in [-0.3, -0.25) is 9.80 Å². The summed E-state index contributed by atoms with van der Waals surface area (Å²) >= 11 is 0. The van der Waals surface area contributed by atoms with Crippen LogP contribution in [0.4, 0.5) is 13.2 Å². The molecule has 1 aliphatic heterocycles. The zero-order valence-corrected chi connectivity index (χ0v) is 15.5. The molecule has 2 heterocycles. The first-order valence-electron chi connectivity index (χ1n) is 8.89. The standard InChI is InChI=1S/C18H24F3N5O/c1-14-22-23-17(24(14)2)12-26-9-7-25(8-10-26)11-15-5-3-4-6-16(15)27-13-18(19,20)21/h3-6H,7-13H2,1-2H3. The predicted molar refractivity (Wildman–Crippen MR) is 94.3 cm³/mol. The first-order valence-corrected chi connectivity index (χ1v) is 8.89. The van der Waals surface area contributed by atoms with Crippen LogP contribution in [0.3, 0.4) is 0 Å². The number of alkyl halides is 3. The number of benzene rings is 1. The molecule has 3 rings (SSSR count). The second kappa shape index (κ2) is 8.26. The Bertz CT molecular complexity index is 754. The van der Waals surface area contributed by atoms with Gasteiger partial charge in [0.15, 0.2) is 6.61 Å². The van der Waals surface area contributed by atoms with Gasteiger partial charge < -0.3 is 9.30 Å². The number of halogens is 3. The number of piperazine rings is 1. The van der Waals surface area contributed by atoms with Crippen molar-refractivity contribution in [1.29, 1.82) is 0 Å². The minimum atomic E-state index is -4.34. The molecule has 0 radical (unpaired) electrons. The third kappa shape index (κ3) is 5.43. The van der Waals surface area contributed by atoms with E-state index < -0.39 is 12.8 Å². The molecule has 1 saturated heterocycles. The molecule has 6 nitrogen and oxygen atoms in total. The van der Waals surface area contributed by atoms with Gasteiger partial charge in [-0.2, -0.15) is 13.2 Å². The second-order valence-corrected chi connectivity index (χ2v) is 6.79. The monoisotopic (exact) mass is 383 g/mol. The molecule has 1 aromatic heterocycles. The Morgan fingerprint density at radius 3 is 2.22 bits per heavy atom. The highest BCUT2D eigenvalue weighted by atomic mass is 19.4. The molecule has 0 bridgehead atoms. The maximum atomic E-state index is 12.4. The van der Waals surface area contributed by atoms with Crippen molar-refractivity contribution >= 4 is 0 Å². The Labute approximate surface area is 156 Å². The lowest BCUT2D eigenvalue weighted by Crippen LogP contribution is -2.45. The Kier molecular flexibility index (Phi) is 6.01. The second-order valence-electron chi connectivity index (χ2n) is 6.79. The van der Waals surface area contributed by atoms with Crippen LogP contribution in [0.25, 0.3) is 0 Å². The molecule has 148 valence electrons. The fourth-order valence-electron chi connectivity index (χ4n) is 3.07. The molecule has 0 spiro atoms. The molecule has 0 saturated carbocycles. The summed E-state index contributed by atoms with van der Waals surface area (Å²) in [5, 5.41) is 8.28. The Morgan fingerprint density at radius 1 is 1.00 bits per heavy atom.